The standard InChI is InChI=1S/C14H15NO2/c1-13(2)8-10-7-11(3-4-12(10)17-13)14(5-6-14)15-9-16/h3-4,7H,5-6,8H2,1-2H3. The molecular formula is C14H15NO2. The van der Waals surface area contributed by atoms with E-state index < -0.39 is 0 Å². The molecule has 2 aliphatic rings. The summed E-state index contributed by atoms with van der Waals surface area (Å²) in [4.78, 5) is 14.4. The maximum atomic E-state index is 10.5. The zero-order valence-electron chi connectivity index (χ0n) is 10.1. The molecule has 1 aliphatic carbocycles. The van der Waals surface area contributed by atoms with Gasteiger partial charge in [0.25, 0.3) is 0 Å². The molecule has 0 N–H and O–H groups in total. The number of isocyanates is 1. The summed E-state index contributed by atoms with van der Waals surface area (Å²) < 4.78 is 5.83. The fourth-order valence-electron chi connectivity index (χ4n) is 2.57. The molecule has 1 aliphatic heterocycles. The van der Waals surface area contributed by atoms with Gasteiger partial charge in [0.2, 0.25) is 6.08 Å². The molecule has 1 aromatic rings. The molecule has 17 heavy (non-hydrogen) atoms. The van der Waals surface area contributed by atoms with Crippen LogP contribution in [0.2, 0.25) is 0 Å². The number of hydrogen-bond donors (Lipinski definition) is 0. The van der Waals surface area contributed by atoms with E-state index in [9.17, 15) is 4.79 Å². The van der Waals surface area contributed by atoms with Crippen molar-refractivity contribution in [2.75, 3.05) is 0 Å². The van der Waals surface area contributed by atoms with Crippen LogP contribution in [0.15, 0.2) is 23.2 Å². The summed E-state index contributed by atoms with van der Waals surface area (Å²) >= 11 is 0. The van der Waals surface area contributed by atoms with E-state index in [2.05, 4.69) is 24.9 Å². The van der Waals surface area contributed by atoms with Crippen molar-refractivity contribution in [3.63, 3.8) is 0 Å². The monoisotopic (exact) mass is 229 g/mol. The summed E-state index contributed by atoms with van der Waals surface area (Å²) in [6.45, 7) is 4.17. The van der Waals surface area contributed by atoms with Crippen molar-refractivity contribution in [3.05, 3.63) is 29.3 Å². The first-order chi connectivity index (χ1) is 8.05. The van der Waals surface area contributed by atoms with Gasteiger partial charge in [-0.3, -0.25) is 0 Å². The number of hydrogen-bond acceptors (Lipinski definition) is 3. The molecule has 0 radical (unpaired) electrons. The van der Waals surface area contributed by atoms with Crippen LogP contribution in [-0.4, -0.2) is 11.7 Å². The predicted molar refractivity (Wildman–Crippen MR) is 63.9 cm³/mol. The summed E-state index contributed by atoms with van der Waals surface area (Å²) in [6.07, 6.45) is 4.51. The molecule has 88 valence electrons. The Kier molecular flexibility index (Phi) is 1.99. The fourth-order valence-corrected chi connectivity index (χ4v) is 2.57. The summed E-state index contributed by atoms with van der Waals surface area (Å²) in [5.74, 6) is 0.963. The van der Waals surface area contributed by atoms with Crippen molar-refractivity contribution in [3.8, 4) is 5.75 Å². The Morgan fingerprint density at radius 1 is 1.35 bits per heavy atom. The molecule has 0 amide bonds. The van der Waals surface area contributed by atoms with E-state index in [1.807, 2.05) is 12.1 Å². The average molecular weight is 229 g/mol. The molecule has 1 aromatic carbocycles. The van der Waals surface area contributed by atoms with Crippen LogP contribution in [0, 0.1) is 0 Å². The van der Waals surface area contributed by atoms with Gasteiger partial charge >= 0.3 is 0 Å². The number of aliphatic imine (C=N–C) groups is 1. The SMILES string of the molecule is CC1(C)Cc2cc(C3(N=C=O)CC3)ccc2O1. The molecule has 0 saturated heterocycles. The minimum atomic E-state index is -0.274. The van der Waals surface area contributed by atoms with E-state index in [0.717, 1.165) is 30.6 Å². The van der Waals surface area contributed by atoms with Crippen molar-refractivity contribution in [2.24, 2.45) is 4.99 Å². The van der Waals surface area contributed by atoms with Crippen molar-refractivity contribution >= 4 is 6.08 Å². The van der Waals surface area contributed by atoms with Crippen molar-refractivity contribution < 1.29 is 9.53 Å². The second-order valence-electron chi connectivity index (χ2n) is 5.60. The quantitative estimate of drug-likeness (QED) is 0.577. The summed E-state index contributed by atoms with van der Waals surface area (Å²) in [6, 6.07) is 6.16. The number of rotatable bonds is 2. The smallest absolute Gasteiger partial charge is 0.235 e. The molecular weight excluding hydrogens is 214 g/mol. The van der Waals surface area contributed by atoms with Crippen LogP contribution < -0.4 is 4.74 Å². The van der Waals surface area contributed by atoms with Crippen molar-refractivity contribution in [1.29, 1.82) is 0 Å². The van der Waals surface area contributed by atoms with Gasteiger partial charge in [-0.15, -0.1) is 0 Å². The first-order valence-corrected chi connectivity index (χ1v) is 5.96. The van der Waals surface area contributed by atoms with Gasteiger partial charge in [0.1, 0.15) is 11.4 Å². The second-order valence-corrected chi connectivity index (χ2v) is 5.60. The Bertz CT molecular complexity index is 523. The molecule has 0 bridgehead atoms. The summed E-state index contributed by atoms with van der Waals surface area (Å²) in [5.41, 5.74) is 1.95. The molecule has 0 unspecified atom stereocenters. The topological polar surface area (TPSA) is 38.7 Å². The molecule has 3 nitrogen and oxygen atoms in total. The lowest BCUT2D eigenvalue weighted by Crippen LogP contribution is -2.24. The van der Waals surface area contributed by atoms with Gasteiger partial charge in [-0.05, 0) is 49.9 Å². The lowest BCUT2D eigenvalue weighted by Gasteiger charge is -2.16. The Balaban J connectivity index is 1.99. The number of carbonyl (C=O) groups excluding carboxylic acids is 1. The van der Waals surface area contributed by atoms with Crippen LogP contribution >= 0.6 is 0 Å². The maximum Gasteiger partial charge on any atom is 0.235 e. The van der Waals surface area contributed by atoms with Gasteiger partial charge in [0.15, 0.2) is 0 Å². The van der Waals surface area contributed by atoms with Crippen LogP contribution in [0.5, 0.6) is 5.75 Å². The average Bonchev–Trinajstić information content (AvgIpc) is 2.94. The highest BCUT2D eigenvalue weighted by molar-refractivity contribution is 5.47. The van der Waals surface area contributed by atoms with Crippen LogP contribution in [0.25, 0.3) is 0 Å². The van der Waals surface area contributed by atoms with Gasteiger partial charge in [-0.2, -0.15) is 4.99 Å². The minimum absolute atomic E-state index is 0.119. The van der Waals surface area contributed by atoms with E-state index >= 15 is 0 Å². The van der Waals surface area contributed by atoms with E-state index in [1.54, 1.807) is 6.08 Å². The van der Waals surface area contributed by atoms with Crippen LogP contribution in [0.3, 0.4) is 0 Å². The van der Waals surface area contributed by atoms with Crippen molar-refractivity contribution in [1.82, 2.24) is 0 Å². The minimum Gasteiger partial charge on any atom is -0.487 e. The van der Waals surface area contributed by atoms with E-state index in [-0.39, 0.29) is 11.1 Å². The Morgan fingerprint density at radius 2 is 2.12 bits per heavy atom. The van der Waals surface area contributed by atoms with E-state index in [4.69, 9.17) is 4.74 Å². The number of nitrogens with zero attached hydrogens (tertiary/aromatic N) is 1. The van der Waals surface area contributed by atoms with E-state index in [1.165, 1.54) is 5.56 Å². The van der Waals surface area contributed by atoms with E-state index in [0.29, 0.717) is 0 Å². The van der Waals surface area contributed by atoms with Gasteiger partial charge in [-0.1, -0.05) is 6.07 Å². The van der Waals surface area contributed by atoms with Crippen molar-refractivity contribution in [2.45, 2.75) is 44.2 Å². The fraction of sp³-hybridized carbons (Fsp3) is 0.500. The third kappa shape index (κ3) is 1.67. The Labute approximate surface area is 101 Å². The van der Waals surface area contributed by atoms with Crippen LogP contribution in [0.1, 0.15) is 37.8 Å². The lowest BCUT2D eigenvalue weighted by molar-refractivity contribution is 0.138. The highest BCUT2D eigenvalue weighted by atomic mass is 16.5. The molecule has 0 aromatic heterocycles. The Morgan fingerprint density at radius 3 is 2.76 bits per heavy atom. The second kappa shape index (κ2) is 3.21. The van der Waals surface area contributed by atoms with Gasteiger partial charge in [0.05, 0.1) is 5.54 Å². The zero-order chi connectivity index (χ0) is 12.1. The number of fused-ring (bicyclic) bond motifs is 1. The zero-order valence-corrected chi connectivity index (χ0v) is 10.1. The first-order valence-electron chi connectivity index (χ1n) is 5.96. The third-order valence-corrected chi connectivity index (χ3v) is 3.58. The predicted octanol–water partition coefficient (Wildman–Crippen LogP) is 2.73. The normalized spacial score (nSPS) is 22.2. The third-order valence-electron chi connectivity index (χ3n) is 3.58. The number of ether oxygens (including phenoxy) is 1. The molecule has 0 atom stereocenters. The maximum absolute atomic E-state index is 10.5. The van der Waals surface area contributed by atoms with Gasteiger partial charge in [-0.25, -0.2) is 4.79 Å². The highest BCUT2D eigenvalue weighted by Gasteiger charge is 2.45. The highest BCUT2D eigenvalue weighted by Crippen LogP contribution is 2.50. The molecule has 3 heteroatoms. The molecule has 0 spiro atoms. The summed E-state index contributed by atoms with van der Waals surface area (Å²) in [7, 11) is 0. The first kappa shape index (κ1) is 10.5. The lowest BCUT2D eigenvalue weighted by atomic mass is 9.97. The molecule has 1 fully saturated rings. The Hall–Kier alpha value is -1.60. The molecule has 1 heterocycles. The van der Waals surface area contributed by atoms with Gasteiger partial charge < -0.3 is 4.74 Å². The van der Waals surface area contributed by atoms with Gasteiger partial charge in [0, 0.05) is 6.42 Å². The largest absolute Gasteiger partial charge is 0.487 e. The van der Waals surface area contributed by atoms with Crippen LogP contribution in [-0.2, 0) is 16.8 Å². The summed E-state index contributed by atoms with van der Waals surface area (Å²) in [5, 5.41) is 0. The molecule has 1 saturated carbocycles. The van der Waals surface area contributed by atoms with Crippen LogP contribution in [0.4, 0.5) is 0 Å². The molecule has 3 rings (SSSR count). The number of benzene rings is 1.